The van der Waals surface area contributed by atoms with E-state index in [2.05, 4.69) is 11.0 Å². The molecule has 6 rings (SSSR count). The molecule has 0 spiro atoms. The van der Waals surface area contributed by atoms with Crippen molar-refractivity contribution in [3.8, 4) is 23.2 Å². The summed E-state index contributed by atoms with van der Waals surface area (Å²) >= 11 is 0. The van der Waals surface area contributed by atoms with Crippen LogP contribution in [-0.2, 0) is 15.7 Å². The van der Waals surface area contributed by atoms with E-state index in [0.717, 1.165) is 25.5 Å². The molecule has 4 heterocycles. The third-order valence-corrected chi connectivity index (χ3v) is 8.99. The maximum atomic E-state index is 14.2. The number of nitrogen functional groups attached to an aromatic ring is 1. The van der Waals surface area contributed by atoms with Crippen LogP contribution in [0, 0.1) is 11.3 Å². The van der Waals surface area contributed by atoms with Crippen LogP contribution < -0.4 is 15.4 Å². The van der Waals surface area contributed by atoms with E-state index in [1.54, 1.807) is 23.1 Å². The normalized spacial score (nSPS) is 19.1. The summed E-state index contributed by atoms with van der Waals surface area (Å²) in [6.45, 7) is 2.49. The number of fused-ring (bicyclic) bond motifs is 3. The number of amides is 1. The largest absolute Gasteiger partial charge is 0.463 e. The molecule has 0 aliphatic carbocycles. The standard InChI is InChI=1S/C34H36F3N7O4/c1-42-12-3-5-23(42)20-48-33-40-28-18-25(26-17-21(39)7-8-27(26)34(35,36)37)24-10-16-47-31(24)30(28)32(41-33)43-13-14-44(22(19-43)9-11-38)29(45)6-4-15-46-2/h4,6-8,10,16-18,22-23H,3,5,9,12-15,19-20,39H2,1-2H3/b6-4+/t22-,23-/m0/s1. The maximum Gasteiger partial charge on any atom is 0.417 e. The summed E-state index contributed by atoms with van der Waals surface area (Å²) in [6, 6.07) is 8.65. The van der Waals surface area contributed by atoms with Gasteiger partial charge in [0.25, 0.3) is 0 Å². The predicted octanol–water partition coefficient (Wildman–Crippen LogP) is 5.25. The van der Waals surface area contributed by atoms with Gasteiger partial charge in [0, 0.05) is 49.9 Å². The summed E-state index contributed by atoms with van der Waals surface area (Å²) in [6.07, 6.45) is 1.91. The third-order valence-electron chi connectivity index (χ3n) is 8.99. The Labute approximate surface area is 275 Å². The fourth-order valence-corrected chi connectivity index (χ4v) is 6.56. The number of piperazine rings is 1. The number of ether oxygens (including phenoxy) is 2. The first-order valence-electron chi connectivity index (χ1n) is 15.7. The quantitative estimate of drug-likeness (QED) is 0.187. The Morgan fingerprint density at radius 2 is 2.00 bits per heavy atom. The van der Waals surface area contributed by atoms with Crippen LogP contribution in [0.4, 0.5) is 24.7 Å². The highest BCUT2D eigenvalue weighted by molar-refractivity contribution is 6.14. The number of hydrogen-bond acceptors (Lipinski definition) is 10. The molecule has 0 radical (unpaired) electrons. The van der Waals surface area contributed by atoms with E-state index in [1.165, 1.54) is 31.6 Å². The Morgan fingerprint density at radius 3 is 2.73 bits per heavy atom. The third kappa shape index (κ3) is 6.61. The van der Waals surface area contributed by atoms with Gasteiger partial charge in [-0.05, 0) is 67.9 Å². The minimum atomic E-state index is -4.64. The summed E-state index contributed by atoms with van der Waals surface area (Å²) in [7, 11) is 3.56. The van der Waals surface area contributed by atoms with Gasteiger partial charge in [0.2, 0.25) is 5.91 Å². The van der Waals surface area contributed by atoms with Gasteiger partial charge in [-0.2, -0.15) is 28.4 Å². The van der Waals surface area contributed by atoms with Gasteiger partial charge in [-0.3, -0.25) is 4.79 Å². The topological polar surface area (TPSA) is 134 Å². The number of nitrogens with two attached hydrogens (primary N) is 1. The Bertz CT molecular complexity index is 1890. The first-order valence-corrected chi connectivity index (χ1v) is 15.7. The van der Waals surface area contributed by atoms with Crippen LogP contribution >= 0.6 is 0 Å². The average molecular weight is 664 g/mol. The van der Waals surface area contributed by atoms with Crippen molar-refractivity contribution in [2.75, 3.05) is 64.2 Å². The maximum absolute atomic E-state index is 14.2. The number of hydrogen-bond donors (Lipinski definition) is 1. The molecule has 1 amide bonds. The van der Waals surface area contributed by atoms with E-state index < -0.39 is 17.8 Å². The highest BCUT2D eigenvalue weighted by Crippen LogP contribution is 2.44. The number of aromatic nitrogens is 2. The lowest BCUT2D eigenvalue weighted by molar-refractivity contribution is -0.137. The zero-order valence-corrected chi connectivity index (χ0v) is 26.7. The molecular formula is C34H36F3N7O4. The molecule has 0 unspecified atom stereocenters. The van der Waals surface area contributed by atoms with E-state index in [9.17, 15) is 23.2 Å². The number of likely N-dealkylation sites (tertiary alicyclic amines) is 1. The highest BCUT2D eigenvalue weighted by Gasteiger charge is 2.36. The Balaban J connectivity index is 1.48. The molecule has 2 N–H and O–H groups in total. The number of halogens is 3. The van der Waals surface area contributed by atoms with Gasteiger partial charge in [0.1, 0.15) is 18.0 Å². The Kier molecular flexibility index (Phi) is 9.43. The second kappa shape index (κ2) is 13.7. The molecule has 2 atom stereocenters. The molecule has 2 fully saturated rings. The molecule has 0 bridgehead atoms. The van der Waals surface area contributed by atoms with Gasteiger partial charge in [0.05, 0.1) is 47.9 Å². The second-order valence-electron chi connectivity index (χ2n) is 12.1. The van der Waals surface area contributed by atoms with E-state index in [4.69, 9.17) is 29.6 Å². The van der Waals surface area contributed by atoms with Gasteiger partial charge in [-0.15, -0.1) is 0 Å². The molecule has 2 aliphatic heterocycles. The molecule has 252 valence electrons. The molecule has 0 saturated carbocycles. The van der Waals surface area contributed by atoms with Gasteiger partial charge in [0.15, 0.2) is 0 Å². The number of likely N-dealkylation sites (N-methyl/N-ethyl adjacent to an activating group) is 1. The van der Waals surface area contributed by atoms with Crippen molar-refractivity contribution in [1.29, 1.82) is 5.26 Å². The predicted molar refractivity (Wildman–Crippen MR) is 174 cm³/mol. The first-order chi connectivity index (χ1) is 23.1. The molecule has 14 heteroatoms. The number of methoxy groups -OCH3 is 1. The number of nitriles is 1. The van der Waals surface area contributed by atoms with Crippen LogP contribution in [0.5, 0.6) is 6.01 Å². The lowest BCUT2D eigenvalue weighted by Crippen LogP contribution is -2.55. The van der Waals surface area contributed by atoms with Crippen molar-refractivity contribution < 1.29 is 31.9 Å². The summed E-state index contributed by atoms with van der Waals surface area (Å²) in [5.74, 6) is 0.208. The van der Waals surface area contributed by atoms with E-state index >= 15 is 0 Å². The fourth-order valence-electron chi connectivity index (χ4n) is 6.56. The molecule has 48 heavy (non-hydrogen) atoms. The van der Waals surface area contributed by atoms with Crippen LogP contribution in [0.1, 0.15) is 24.8 Å². The first kappa shape index (κ1) is 33.0. The lowest BCUT2D eigenvalue weighted by atomic mass is 9.94. The molecule has 2 aliphatic rings. The number of anilines is 2. The van der Waals surface area contributed by atoms with Crippen molar-refractivity contribution in [2.24, 2.45) is 0 Å². The van der Waals surface area contributed by atoms with Crippen LogP contribution in [-0.4, -0.2) is 91.3 Å². The van der Waals surface area contributed by atoms with E-state index in [-0.39, 0.29) is 54.3 Å². The number of benzene rings is 2. The van der Waals surface area contributed by atoms with Crippen molar-refractivity contribution >= 4 is 39.3 Å². The van der Waals surface area contributed by atoms with Gasteiger partial charge < -0.3 is 34.3 Å². The minimum absolute atomic E-state index is 0.0658. The van der Waals surface area contributed by atoms with Gasteiger partial charge >= 0.3 is 12.2 Å². The number of furan rings is 1. The van der Waals surface area contributed by atoms with Crippen LogP contribution in [0.2, 0.25) is 0 Å². The molecule has 4 aromatic rings. The number of nitrogens with zero attached hydrogens (tertiary/aromatic N) is 6. The Morgan fingerprint density at radius 1 is 1.17 bits per heavy atom. The molecule has 2 aromatic heterocycles. The van der Waals surface area contributed by atoms with Gasteiger partial charge in [-0.25, -0.2) is 0 Å². The summed E-state index contributed by atoms with van der Waals surface area (Å²) in [5, 5.41) is 10.6. The zero-order valence-electron chi connectivity index (χ0n) is 26.7. The molecule has 11 nitrogen and oxygen atoms in total. The smallest absolute Gasteiger partial charge is 0.417 e. The minimum Gasteiger partial charge on any atom is -0.463 e. The Hall–Kier alpha value is -4.87. The number of rotatable bonds is 9. The monoisotopic (exact) mass is 663 g/mol. The lowest BCUT2D eigenvalue weighted by Gasteiger charge is -2.41. The number of carbonyl (C=O) groups is 1. The van der Waals surface area contributed by atoms with E-state index in [1.807, 2.05) is 11.9 Å². The van der Waals surface area contributed by atoms with Crippen molar-refractivity contribution in [1.82, 2.24) is 19.8 Å². The second-order valence-corrected chi connectivity index (χ2v) is 12.1. The van der Waals surface area contributed by atoms with Crippen LogP contribution in [0.25, 0.3) is 33.0 Å². The highest BCUT2D eigenvalue weighted by atomic mass is 19.4. The summed E-state index contributed by atoms with van der Waals surface area (Å²) in [5.41, 5.74) is 6.09. The van der Waals surface area contributed by atoms with E-state index in [0.29, 0.717) is 47.4 Å². The SMILES string of the molecule is COC/C=C/C(=O)N1CCN(c2nc(OC[C@@H]3CCCN3C)nc3cc(-c4cc(N)ccc4C(F)(F)F)c4ccoc4c23)C[C@@H]1CC#N. The van der Waals surface area contributed by atoms with Crippen molar-refractivity contribution in [3.63, 3.8) is 0 Å². The average Bonchev–Trinajstić information content (AvgIpc) is 3.71. The summed E-state index contributed by atoms with van der Waals surface area (Å²) < 4.78 is 59.9. The molecule has 2 saturated heterocycles. The number of alkyl halides is 3. The zero-order chi connectivity index (χ0) is 34.0. The molecular weight excluding hydrogens is 627 g/mol. The fraction of sp³-hybridized carbons (Fsp3) is 0.412. The van der Waals surface area contributed by atoms with Crippen LogP contribution in [0.15, 0.2) is 53.2 Å². The number of carbonyl (C=O) groups excluding carboxylic acids is 1. The molecule has 2 aromatic carbocycles. The van der Waals surface area contributed by atoms with Gasteiger partial charge in [-0.1, -0.05) is 6.08 Å². The van der Waals surface area contributed by atoms with Crippen molar-refractivity contribution in [3.05, 3.63) is 54.3 Å². The summed E-state index contributed by atoms with van der Waals surface area (Å²) in [4.78, 5) is 28.4. The van der Waals surface area contributed by atoms with Crippen molar-refractivity contribution in [2.45, 2.75) is 37.5 Å². The van der Waals surface area contributed by atoms with Crippen LogP contribution in [0.3, 0.4) is 0 Å².